The lowest BCUT2D eigenvalue weighted by Crippen LogP contribution is -2.33. The minimum absolute atomic E-state index is 0.0105. The number of carboxylic acids is 1. The van der Waals surface area contributed by atoms with Gasteiger partial charge in [0.15, 0.2) is 0 Å². The first-order valence-corrected chi connectivity index (χ1v) is 6.42. The molecule has 1 aliphatic heterocycles. The number of carboxylic acid groups (broad SMARTS) is 1. The zero-order valence-electron chi connectivity index (χ0n) is 11.5. The molecule has 1 atom stereocenters. The second-order valence-electron chi connectivity index (χ2n) is 6.19. The quantitative estimate of drug-likeness (QED) is 0.890. The molecule has 0 spiro atoms. The average molecular weight is 261 g/mol. The Morgan fingerprint density at radius 1 is 1.32 bits per heavy atom. The maximum atomic E-state index is 12.3. The first-order valence-electron chi connectivity index (χ1n) is 6.42. The van der Waals surface area contributed by atoms with Crippen molar-refractivity contribution in [3.8, 4) is 0 Å². The summed E-state index contributed by atoms with van der Waals surface area (Å²) < 4.78 is 0. The van der Waals surface area contributed by atoms with Crippen LogP contribution < -0.4 is 4.90 Å². The van der Waals surface area contributed by atoms with Crippen LogP contribution in [0.2, 0.25) is 0 Å². The van der Waals surface area contributed by atoms with Crippen LogP contribution in [-0.4, -0.2) is 23.5 Å². The Morgan fingerprint density at radius 3 is 2.53 bits per heavy atom. The molecule has 1 amide bonds. The molecule has 1 N–H and O–H groups in total. The van der Waals surface area contributed by atoms with E-state index >= 15 is 0 Å². The molecule has 2 rings (SSSR count). The molecule has 0 saturated carbocycles. The Morgan fingerprint density at radius 2 is 1.95 bits per heavy atom. The maximum Gasteiger partial charge on any atom is 0.312 e. The zero-order valence-corrected chi connectivity index (χ0v) is 11.5. The van der Waals surface area contributed by atoms with Crippen LogP contribution in [0, 0.1) is 5.41 Å². The lowest BCUT2D eigenvalue weighted by molar-refractivity contribution is -0.138. The van der Waals surface area contributed by atoms with Crippen molar-refractivity contribution >= 4 is 17.6 Å². The summed E-state index contributed by atoms with van der Waals surface area (Å²) in [5, 5.41) is 9.25. The number of benzene rings is 1. The summed E-state index contributed by atoms with van der Waals surface area (Å²) in [4.78, 5) is 25.2. The predicted molar refractivity (Wildman–Crippen MR) is 73.2 cm³/mol. The van der Waals surface area contributed by atoms with Gasteiger partial charge in [0, 0.05) is 18.7 Å². The number of carbonyl (C=O) groups is 2. The van der Waals surface area contributed by atoms with Crippen LogP contribution >= 0.6 is 0 Å². The van der Waals surface area contributed by atoms with Gasteiger partial charge in [-0.25, -0.2) is 0 Å². The van der Waals surface area contributed by atoms with Crippen molar-refractivity contribution in [2.75, 3.05) is 11.4 Å². The van der Waals surface area contributed by atoms with E-state index in [0.717, 1.165) is 11.3 Å². The van der Waals surface area contributed by atoms with Gasteiger partial charge in [0.05, 0.1) is 0 Å². The van der Waals surface area contributed by atoms with E-state index in [1.807, 2.05) is 39.0 Å². The van der Waals surface area contributed by atoms with E-state index in [2.05, 4.69) is 0 Å². The average Bonchev–Trinajstić information content (AvgIpc) is 2.66. The molecule has 1 aliphatic rings. The highest BCUT2D eigenvalue weighted by molar-refractivity contribution is 5.99. The molecule has 0 aliphatic carbocycles. The molecule has 1 unspecified atom stereocenters. The lowest BCUT2D eigenvalue weighted by atomic mass is 9.91. The smallest absolute Gasteiger partial charge is 0.312 e. The minimum Gasteiger partial charge on any atom is -0.481 e. The van der Waals surface area contributed by atoms with Gasteiger partial charge >= 0.3 is 5.97 Å². The van der Waals surface area contributed by atoms with Gasteiger partial charge in [0.25, 0.3) is 0 Å². The van der Waals surface area contributed by atoms with Gasteiger partial charge in [0.2, 0.25) is 5.91 Å². The topological polar surface area (TPSA) is 57.6 Å². The standard InChI is InChI=1S/C15H19NO3/c1-15(2,3)8-13(17)16-9-11(14(18)19)10-6-4-5-7-12(10)16/h4-7,11H,8-9H2,1-3H3,(H,18,19). The molecule has 0 radical (unpaired) electrons. The third-order valence-electron chi connectivity index (χ3n) is 3.25. The molecule has 4 nitrogen and oxygen atoms in total. The fourth-order valence-electron chi connectivity index (χ4n) is 2.40. The number of amides is 1. The Balaban J connectivity index is 2.30. The first-order chi connectivity index (χ1) is 8.79. The summed E-state index contributed by atoms with van der Waals surface area (Å²) in [6, 6.07) is 7.25. The number of para-hydroxylation sites is 1. The van der Waals surface area contributed by atoms with Crippen molar-refractivity contribution < 1.29 is 14.7 Å². The summed E-state index contributed by atoms with van der Waals surface area (Å²) in [5.74, 6) is -1.50. The number of hydrogen-bond donors (Lipinski definition) is 1. The third-order valence-corrected chi connectivity index (χ3v) is 3.25. The third kappa shape index (κ3) is 2.78. The molecule has 4 heteroatoms. The number of rotatable bonds is 2. The van der Waals surface area contributed by atoms with Gasteiger partial charge in [-0.3, -0.25) is 9.59 Å². The van der Waals surface area contributed by atoms with Gasteiger partial charge in [-0.1, -0.05) is 39.0 Å². The Labute approximate surface area is 113 Å². The number of carbonyl (C=O) groups excluding carboxylic acids is 1. The van der Waals surface area contributed by atoms with E-state index < -0.39 is 11.9 Å². The molecule has 19 heavy (non-hydrogen) atoms. The predicted octanol–water partition coefficient (Wildman–Crippen LogP) is 2.64. The van der Waals surface area contributed by atoms with Crippen LogP contribution in [0.1, 0.15) is 38.7 Å². The monoisotopic (exact) mass is 261 g/mol. The molecular formula is C15H19NO3. The number of hydrogen-bond acceptors (Lipinski definition) is 2. The van der Waals surface area contributed by atoms with Crippen LogP contribution in [-0.2, 0) is 9.59 Å². The molecule has 0 saturated heterocycles. The van der Waals surface area contributed by atoms with Crippen molar-refractivity contribution in [2.24, 2.45) is 5.41 Å². The Hall–Kier alpha value is -1.84. The van der Waals surface area contributed by atoms with Crippen molar-refractivity contribution in [3.05, 3.63) is 29.8 Å². The number of aliphatic carboxylic acids is 1. The summed E-state index contributed by atoms with van der Waals surface area (Å²) in [7, 11) is 0. The van der Waals surface area contributed by atoms with Crippen LogP contribution in [0.4, 0.5) is 5.69 Å². The number of fused-ring (bicyclic) bond motifs is 1. The van der Waals surface area contributed by atoms with Gasteiger partial charge < -0.3 is 10.0 Å². The highest BCUT2D eigenvalue weighted by atomic mass is 16.4. The maximum absolute atomic E-state index is 12.3. The SMILES string of the molecule is CC(C)(C)CC(=O)N1CC(C(=O)O)c2ccccc21. The fraction of sp³-hybridized carbons (Fsp3) is 0.467. The van der Waals surface area contributed by atoms with E-state index in [1.165, 1.54) is 0 Å². The summed E-state index contributed by atoms with van der Waals surface area (Å²) in [5.41, 5.74) is 1.37. The van der Waals surface area contributed by atoms with Crippen LogP contribution in [0.15, 0.2) is 24.3 Å². The largest absolute Gasteiger partial charge is 0.481 e. The normalized spacial score (nSPS) is 18.3. The minimum atomic E-state index is -0.876. The lowest BCUT2D eigenvalue weighted by Gasteiger charge is -2.23. The Kier molecular flexibility index (Phi) is 3.35. The van der Waals surface area contributed by atoms with Gasteiger partial charge in [-0.05, 0) is 17.0 Å². The van der Waals surface area contributed by atoms with Crippen molar-refractivity contribution in [3.63, 3.8) is 0 Å². The first kappa shape index (κ1) is 13.6. The molecule has 1 heterocycles. The van der Waals surface area contributed by atoms with Crippen molar-refractivity contribution in [2.45, 2.75) is 33.1 Å². The molecule has 1 aromatic carbocycles. The van der Waals surface area contributed by atoms with Gasteiger partial charge in [0.1, 0.15) is 5.92 Å². The van der Waals surface area contributed by atoms with Crippen molar-refractivity contribution in [1.29, 1.82) is 0 Å². The molecule has 1 aromatic rings. The highest BCUT2D eigenvalue weighted by Crippen LogP contribution is 2.37. The van der Waals surface area contributed by atoms with Crippen molar-refractivity contribution in [1.82, 2.24) is 0 Å². The van der Waals surface area contributed by atoms with E-state index in [9.17, 15) is 14.7 Å². The number of nitrogens with zero attached hydrogens (tertiary/aromatic N) is 1. The van der Waals surface area contributed by atoms with E-state index in [0.29, 0.717) is 6.42 Å². The van der Waals surface area contributed by atoms with E-state index in [-0.39, 0.29) is 17.9 Å². The second kappa shape index (κ2) is 4.68. The molecule has 102 valence electrons. The highest BCUT2D eigenvalue weighted by Gasteiger charge is 2.36. The summed E-state index contributed by atoms with van der Waals surface area (Å²) in [6.07, 6.45) is 0.410. The summed E-state index contributed by atoms with van der Waals surface area (Å²) in [6.45, 7) is 6.24. The van der Waals surface area contributed by atoms with Crippen LogP contribution in [0.5, 0.6) is 0 Å². The second-order valence-corrected chi connectivity index (χ2v) is 6.19. The molecule has 0 aromatic heterocycles. The number of anilines is 1. The molecule has 0 fully saturated rings. The van der Waals surface area contributed by atoms with Crippen LogP contribution in [0.3, 0.4) is 0 Å². The molecular weight excluding hydrogens is 242 g/mol. The summed E-state index contributed by atoms with van der Waals surface area (Å²) >= 11 is 0. The van der Waals surface area contributed by atoms with Gasteiger partial charge in [-0.2, -0.15) is 0 Å². The zero-order chi connectivity index (χ0) is 14.2. The van der Waals surface area contributed by atoms with Gasteiger partial charge in [-0.15, -0.1) is 0 Å². The van der Waals surface area contributed by atoms with E-state index in [1.54, 1.807) is 11.0 Å². The van der Waals surface area contributed by atoms with E-state index in [4.69, 9.17) is 0 Å². The Bertz CT molecular complexity index is 516. The fourth-order valence-corrected chi connectivity index (χ4v) is 2.40. The molecule has 0 bridgehead atoms. The van der Waals surface area contributed by atoms with Crippen LogP contribution in [0.25, 0.3) is 0 Å².